The fraction of sp³-hybridized carbons (Fsp3) is 0.500. The smallest absolute Gasteiger partial charge is 0.124 e. The van der Waals surface area contributed by atoms with Crippen LogP contribution in [0.3, 0.4) is 0 Å². The third kappa shape index (κ3) is 3.47. The van der Waals surface area contributed by atoms with E-state index in [0.717, 1.165) is 28.4 Å². The Morgan fingerprint density at radius 3 is 3.06 bits per heavy atom. The van der Waals surface area contributed by atoms with Gasteiger partial charge >= 0.3 is 0 Å². The van der Waals surface area contributed by atoms with Gasteiger partial charge in [0.15, 0.2) is 0 Å². The second-order valence-electron chi connectivity index (χ2n) is 4.00. The van der Waals surface area contributed by atoms with Crippen LogP contribution in [-0.4, -0.2) is 17.5 Å². The summed E-state index contributed by atoms with van der Waals surface area (Å²) in [5.41, 5.74) is 1.12. The van der Waals surface area contributed by atoms with E-state index < -0.39 is 0 Å². The first-order chi connectivity index (χ1) is 7.75. The van der Waals surface area contributed by atoms with Crippen LogP contribution in [0.15, 0.2) is 22.7 Å². The average Bonchev–Trinajstić information content (AvgIpc) is 2.74. The van der Waals surface area contributed by atoms with Gasteiger partial charge in [0.2, 0.25) is 0 Å². The van der Waals surface area contributed by atoms with Crippen molar-refractivity contribution >= 4 is 27.7 Å². The van der Waals surface area contributed by atoms with Gasteiger partial charge in [-0.1, -0.05) is 22.0 Å². The minimum atomic E-state index is -0.193. The molecule has 1 aromatic rings. The number of hydrogen-bond acceptors (Lipinski definition) is 2. The molecule has 1 N–H and O–H groups in total. The van der Waals surface area contributed by atoms with Crippen LogP contribution in [0.1, 0.15) is 18.4 Å². The summed E-state index contributed by atoms with van der Waals surface area (Å²) in [4.78, 5) is 0. The van der Waals surface area contributed by atoms with Crippen LogP contribution < -0.4 is 5.32 Å². The Bertz CT molecular complexity index is 353. The van der Waals surface area contributed by atoms with Gasteiger partial charge in [-0.3, -0.25) is 0 Å². The van der Waals surface area contributed by atoms with Gasteiger partial charge in [-0.2, -0.15) is 11.8 Å². The summed E-state index contributed by atoms with van der Waals surface area (Å²) in [7, 11) is 0. The van der Waals surface area contributed by atoms with Crippen molar-refractivity contribution in [1.82, 2.24) is 5.32 Å². The highest BCUT2D eigenvalue weighted by atomic mass is 79.9. The molecule has 0 radical (unpaired) electrons. The minimum Gasteiger partial charge on any atom is -0.312 e. The molecule has 16 heavy (non-hydrogen) atoms. The lowest BCUT2D eigenvalue weighted by Gasteiger charge is -2.11. The molecule has 88 valence electrons. The number of thioether (sulfide) groups is 1. The normalized spacial score (nSPS) is 20.2. The Morgan fingerprint density at radius 1 is 1.50 bits per heavy atom. The molecule has 2 rings (SSSR count). The van der Waals surface area contributed by atoms with Gasteiger partial charge in [0, 0.05) is 22.8 Å². The molecule has 0 aromatic heterocycles. The second kappa shape index (κ2) is 6.03. The maximum atomic E-state index is 12.9. The van der Waals surface area contributed by atoms with E-state index in [1.54, 1.807) is 0 Å². The average molecular weight is 304 g/mol. The van der Waals surface area contributed by atoms with Crippen LogP contribution >= 0.6 is 27.7 Å². The van der Waals surface area contributed by atoms with Crippen molar-refractivity contribution in [2.45, 2.75) is 24.6 Å². The van der Waals surface area contributed by atoms with Crippen LogP contribution in [0, 0.1) is 5.82 Å². The molecule has 1 aromatic carbocycles. The van der Waals surface area contributed by atoms with Gasteiger partial charge in [0.1, 0.15) is 5.82 Å². The van der Waals surface area contributed by atoms with Crippen molar-refractivity contribution in [3.63, 3.8) is 0 Å². The van der Waals surface area contributed by atoms with E-state index in [1.165, 1.54) is 30.7 Å². The Labute approximate surface area is 108 Å². The molecule has 0 bridgehead atoms. The van der Waals surface area contributed by atoms with Crippen LogP contribution in [0.5, 0.6) is 0 Å². The third-order valence-electron chi connectivity index (χ3n) is 2.73. The topological polar surface area (TPSA) is 12.0 Å². The van der Waals surface area contributed by atoms with Gasteiger partial charge in [-0.25, -0.2) is 4.39 Å². The molecule has 1 aliphatic rings. The summed E-state index contributed by atoms with van der Waals surface area (Å²) in [6.07, 6.45) is 2.67. The van der Waals surface area contributed by atoms with E-state index in [4.69, 9.17) is 0 Å². The van der Waals surface area contributed by atoms with Gasteiger partial charge in [0.05, 0.1) is 0 Å². The number of hydrogen-bond donors (Lipinski definition) is 1. The third-order valence-corrected chi connectivity index (χ3v) is 4.86. The van der Waals surface area contributed by atoms with Gasteiger partial charge in [-0.05, 0) is 36.3 Å². The zero-order chi connectivity index (χ0) is 11.4. The quantitative estimate of drug-likeness (QED) is 0.912. The number of rotatable bonds is 4. The summed E-state index contributed by atoms with van der Waals surface area (Å²) in [5, 5.41) is 4.19. The molecule has 0 saturated carbocycles. The van der Waals surface area contributed by atoms with Gasteiger partial charge in [-0.15, -0.1) is 0 Å². The van der Waals surface area contributed by atoms with Crippen molar-refractivity contribution in [1.29, 1.82) is 0 Å². The predicted octanol–water partition coefficient (Wildman–Crippen LogP) is 3.57. The van der Waals surface area contributed by atoms with Gasteiger partial charge < -0.3 is 5.32 Å². The first kappa shape index (κ1) is 12.4. The molecule has 0 amide bonds. The van der Waals surface area contributed by atoms with E-state index in [0.29, 0.717) is 0 Å². The molecule has 1 nitrogen and oxygen atoms in total. The summed E-state index contributed by atoms with van der Waals surface area (Å²) >= 11 is 5.43. The molecular formula is C12H15BrFNS. The molecule has 1 aliphatic heterocycles. The van der Waals surface area contributed by atoms with Crippen LogP contribution in [-0.2, 0) is 6.54 Å². The zero-order valence-corrected chi connectivity index (χ0v) is 11.4. The molecule has 4 heteroatoms. The van der Waals surface area contributed by atoms with Gasteiger partial charge in [0.25, 0.3) is 0 Å². The van der Waals surface area contributed by atoms with Crippen molar-refractivity contribution < 1.29 is 4.39 Å². The van der Waals surface area contributed by atoms with E-state index in [-0.39, 0.29) is 5.82 Å². The standard InChI is InChI=1S/C12H15BrFNS/c13-12-6-10(14)4-3-9(12)7-15-8-11-2-1-5-16-11/h3-4,6,11,15H,1-2,5,7-8H2. The van der Waals surface area contributed by atoms with Crippen LogP contribution in [0.2, 0.25) is 0 Å². The Kier molecular flexibility index (Phi) is 4.67. The minimum absolute atomic E-state index is 0.193. The van der Waals surface area contributed by atoms with Crippen molar-refractivity contribution in [3.05, 3.63) is 34.1 Å². The highest BCUT2D eigenvalue weighted by molar-refractivity contribution is 9.10. The zero-order valence-electron chi connectivity index (χ0n) is 9.01. The van der Waals surface area contributed by atoms with Crippen molar-refractivity contribution in [3.8, 4) is 0 Å². The fourth-order valence-corrected chi connectivity index (χ4v) is 3.56. The predicted molar refractivity (Wildman–Crippen MR) is 71.3 cm³/mol. The van der Waals surface area contributed by atoms with Crippen molar-refractivity contribution in [2.24, 2.45) is 0 Å². The maximum absolute atomic E-state index is 12.9. The fourth-order valence-electron chi connectivity index (χ4n) is 1.84. The Morgan fingerprint density at radius 2 is 2.38 bits per heavy atom. The van der Waals surface area contributed by atoms with Crippen LogP contribution in [0.25, 0.3) is 0 Å². The Hall–Kier alpha value is -0.0600. The maximum Gasteiger partial charge on any atom is 0.124 e. The highest BCUT2D eigenvalue weighted by Crippen LogP contribution is 2.25. The van der Waals surface area contributed by atoms with E-state index in [9.17, 15) is 4.39 Å². The van der Waals surface area contributed by atoms with E-state index in [1.807, 2.05) is 17.8 Å². The molecule has 1 heterocycles. The summed E-state index contributed by atoms with van der Waals surface area (Å²) in [6, 6.07) is 4.85. The lowest BCUT2D eigenvalue weighted by Crippen LogP contribution is -2.22. The summed E-state index contributed by atoms with van der Waals surface area (Å²) in [5.74, 6) is 1.11. The summed E-state index contributed by atoms with van der Waals surface area (Å²) < 4.78 is 13.7. The SMILES string of the molecule is Fc1ccc(CNCC2CCCS2)c(Br)c1. The first-order valence-corrected chi connectivity index (χ1v) is 7.36. The summed E-state index contributed by atoms with van der Waals surface area (Å²) in [6.45, 7) is 1.85. The van der Waals surface area contributed by atoms with Crippen LogP contribution in [0.4, 0.5) is 4.39 Å². The highest BCUT2D eigenvalue weighted by Gasteiger charge is 2.14. The molecular weight excluding hydrogens is 289 g/mol. The lowest BCUT2D eigenvalue weighted by molar-refractivity contribution is 0.620. The second-order valence-corrected chi connectivity index (χ2v) is 6.26. The number of benzene rings is 1. The molecule has 0 aliphatic carbocycles. The van der Waals surface area contributed by atoms with E-state index in [2.05, 4.69) is 21.2 Å². The monoisotopic (exact) mass is 303 g/mol. The number of nitrogens with one attached hydrogen (secondary N) is 1. The van der Waals surface area contributed by atoms with E-state index >= 15 is 0 Å². The molecule has 1 unspecified atom stereocenters. The molecule has 1 fully saturated rings. The largest absolute Gasteiger partial charge is 0.312 e. The molecule has 1 atom stereocenters. The molecule has 1 saturated heterocycles. The lowest BCUT2D eigenvalue weighted by atomic mass is 10.2. The molecule has 0 spiro atoms. The Balaban J connectivity index is 1.80. The first-order valence-electron chi connectivity index (χ1n) is 5.52. The van der Waals surface area contributed by atoms with Crippen molar-refractivity contribution in [2.75, 3.05) is 12.3 Å². The number of halogens is 2.